The number of nitrogens with zero attached hydrogens (tertiary/aromatic N) is 1. The van der Waals surface area contributed by atoms with Gasteiger partial charge in [-0.15, -0.1) is 0 Å². The topological polar surface area (TPSA) is 78.9 Å². The van der Waals surface area contributed by atoms with Crippen LogP contribution in [0.2, 0.25) is 10.0 Å². The van der Waals surface area contributed by atoms with Gasteiger partial charge in [-0.2, -0.15) is 0 Å². The second kappa shape index (κ2) is 13.1. The van der Waals surface area contributed by atoms with Crippen LogP contribution in [0.5, 0.6) is 5.75 Å². The lowest BCUT2D eigenvalue weighted by Crippen LogP contribution is -2.43. The van der Waals surface area contributed by atoms with Gasteiger partial charge in [0.1, 0.15) is 11.8 Å². The Morgan fingerprint density at radius 1 is 1.20 bits per heavy atom. The Morgan fingerprint density at radius 2 is 1.89 bits per heavy atom. The molecule has 0 aliphatic carbocycles. The van der Waals surface area contributed by atoms with Gasteiger partial charge in [-0.25, -0.2) is 4.79 Å². The Bertz CT molecular complexity index is 1010. The number of esters is 1. The summed E-state index contributed by atoms with van der Waals surface area (Å²) in [6.07, 6.45) is 5.23. The number of amides is 1. The molecule has 2 N–H and O–H groups in total. The lowest BCUT2D eigenvalue weighted by Gasteiger charge is -2.28. The first-order chi connectivity index (χ1) is 16.8. The smallest absolute Gasteiger partial charge is 0.328 e. The number of likely N-dealkylation sites (tertiary alicyclic amines) is 1. The van der Waals surface area contributed by atoms with Crippen molar-refractivity contribution in [3.63, 3.8) is 0 Å². The summed E-state index contributed by atoms with van der Waals surface area (Å²) in [4.78, 5) is 27.9. The van der Waals surface area contributed by atoms with Crippen molar-refractivity contribution in [3.8, 4) is 5.75 Å². The lowest BCUT2D eigenvalue weighted by atomic mass is 9.91. The van der Waals surface area contributed by atoms with Crippen LogP contribution in [0.1, 0.15) is 54.1 Å². The van der Waals surface area contributed by atoms with Gasteiger partial charge in [-0.1, -0.05) is 60.0 Å². The predicted molar refractivity (Wildman–Crippen MR) is 139 cm³/mol. The molecular formula is C27H34Cl2N2O4. The van der Waals surface area contributed by atoms with Crippen LogP contribution in [0, 0.1) is 5.92 Å². The Morgan fingerprint density at radius 3 is 2.54 bits per heavy atom. The summed E-state index contributed by atoms with van der Waals surface area (Å²) >= 11 is 13.0. The third-order valence-electron chi connectivity index (χ3n) is 6.57. The highest BCUT2D eigenvalue weighted by Crippen LogP contribution is 2.37. The number of rotatable bonds is 10. The van der Waals surface area contributed by atoms with Gasteiger partial charge < -0.3 is 20.1 Å². The van der Waals surface area contributed by atoms with Gasteiger partial charge in [0, 0.05) is 11.4 Å². The molecule has 1 fully saturated rings. The maximum atomic E-state index is 13.0. The quantitative estimate of drug-likeness (QED) is 0.417. The lowest BCUT2D eigenvalue weighted by molar-refractivity contribution is -0.145. The minimum absolute atomic E-state index is 0.0681. The van der Waals surface area contributed by atoms with Crippen LogP contribution < -0.4 is 5.32 Å². The fraction of sp³-hybridized carbons (Fsp3) is 0.481. The summed E-state index contributed by atoms with van der Waals surface area (Å²) < 4.78 is 5.14. The molecule has 0 spiro atoms. The zero-order chi connectivity index (χ0) is 25.4. The predicted octanol–water partition coefficient (Wildman–Crippen LogP) is 5.27. The van der Waals surface area contributed by atoms with Gasteiger partial charge in [0.15, 0.2) is 0 Å². The number of halogens is 2. The number of ether oxygens (including phenoxy) is 1. The van der Waals surface area contributed by atoms with Crippen LogP contribution in [0.4, 0.5) is 0 Å². The van der Waals surface area contributed by atoms with E-state index in [1.807, 2.05) is 30.3 Å². The number of aromatic hydroxyl groups is 1. The van der Waals surface area contributed by atoms with E-state index in [9.17, 15) is 14.7 Å². The second-order valence-corrected chi connectivity index (χ2v) is 9.94. The summed E-state index contributed by atoms with van der Waals surface area (Å²) in [5.74, 6) is -0.831. The molecule has 2 aromatic carbocycles. The Balaban J connectivity index is 1.69. The Labute approximate surface area is 217 Å². The first-order valence-electron chi connectivity index (χ1n) is 12.2. The van der Waals surface area contributed by atoms with Gasteiger partial charge in [0.2, 0.25) is 0 Å². The number of carbonyl (C=O) groups is 2. The fourth-order valence-electron chi connectivity index (χ4n) is 4.49. The average Bonchev–Trinajstić information content (AvgIpc) is 2.85. The molecule has 1 atom stereocenters. The molecule has 190 valence electrons. The van der Waals surface area contributed by atoms with E-state index >= 15 is 0 Å². The molecule has 2 aromatic rings. The molecule has 1 aliphatic rings. The number of benzene rings is 2. The van der Waals surface area contributed by atoms with Crippen molar-refractivity contribution in [3.05, 3.63) is 63.1 Å². The summed E-state index contributed by atoms with van der Waals surface area (Å²) in [7, 11) is 2.15. The standard InChI is InChI=1S/C27H34Cl2N2O4/c1-3-35-27(34)23(16-19-8-5-4-6-9-19)30-26(33)21-17-22(28)20(24(29)25(21)32)11-7-10-18-12-14-31(2)15-13-18/h4-6,8-9,17-18,23,32H,3,7,10-16H2,1-2H3,(H,30,33). The van der Waals surface area contributed by atoms with Gasteiger partial charge in [0.25, 0.3) is 5.91 Å². The van der Waals surface area contributed by atoms with Gasteiger partial charge in [-0.05, 0) is 75.9 Å². The van der Waals surface area contributed by atoms with Gasteiger partial charge >= 0.3 is 5.97 Å². The average molecular weight is 521 g/mol. The second-order valence-electron chi connectivity index (χ2n) is 9.15. The van der Waals surface area contributed by atoms with Gasteiger partial charge in [-0.3, -0.25) is 4.79 Å². The van der Waals surface area contributed by atoms with E-state index in [2.05, 4.69) is 17.3 Å². The molecule has 1 unspecified atom stereocenters. The zero-order valence-electron chi connectivity index (χ0n) is 20.4. The van der Waals surface area contributed by atoms with Crippen molar-refractivity contribution in [2.45, 2.75) is 51.5 Å². The number of hydrogen-bond donors (Lipinski definition) is 2. The molecule has 1 aliphatic heterocycles. The van der Waals surface area contributed by atoms with E-state index < -0.39 is 17.9 Å². The molecule has 0 bridgehead atoms. The van der Waals surface area contributed by atoms with E-state index in [-0.39, 0.29) is 29.4 Å². The van der Waals surface area contributed by atoms with Crippen molar-refractivity contribution in [1.82, 2.24) is 10.2 Å². The van der Waals surface area contributed by atoms with Crippen molar-refractivity contribution >= 4 is 35.1 Å². The highest BCUT2D eigenvalue weighted by molar-refractivity contribution is 6.37. The van der Waals surface area contributed by atoms with Crippen LogP contribution in [0.25, 0.3) is 0 Å². The number of nitrogens with one attached hydrogen (secondary N) is 1. The van der Waals surface area contributed by atoms with Crippen molar-refractivity contribution in [2.75, 3.05) is 26.7 Å². The molecule has 1 heterocycles. The normalized spacial score (nSPS) is 15.5. The molecular weight excluding hydrogens is 487 g/mol. The minimum Gasteiger partial charge on any atom is -0.506 e. The SMILES string of the molecule is CCOC(=O)C(Cc1ccccc1)NC(=O)c1cc(Cl)c(CCCC2CCN(C)CC2)c(Cl)c1O. The van der Waals surface area contributed by atoms with E-state index in [1.165, 1.54) is 18.9 Å². The summed E-state index contributed by atoms with van der Waals surface area (Å²) in [6.45, 7) is 4.13. The van der Waals surface area contributed by atoms with Crippen LogP contribution in [0.15, 0.2) is 36.4 Å². The molecule has 0 aromatic heterocycles. The number of phenols is 1. The Hall–Kier alpha value is -2.28. The molecule has 6 nitrogen and oxygen atoms in total. The van der Waals surface area contributed by atoms with Crippen molar-refractivity contribution in [1.29, 1.82) is 0 Å². The van der Waals surface area contributed by atoms with Crippen LogP contribution in [-0.2, 0) is 22.4 Å². The maximum Gasteiger partial charge on any atom is 0.328 e. The summed E-state index contributed by atoms with van der Waals surface area (Å²) in [5, 5.41) is 13.8. The van der Waals surface area contributed by atoms with E-state index in [1.54, 1.807) is 6.92 Å². The monoisotopic (exact) mass is 520 g/mol. The minimum atomic E-state index is -0.920. The van der Waals surface area contributed by atoms with Gasteiger partial charge in [0.05, 0.1) is 17.2 Å². The largest absolute Gasteiger partial charge is 0.506 e. The third-order valence-corrected chi connectivity index (χ3v) is 7.31. The Kier molecular flexibility index (Phi) is 10.3. The van der Waals surface area contributed by atoms with E-state index in [0.717, 1.165) is 31.5 Å². The molecule has 8 heteroatoms. The van der Waals surface area contributed by atoms with Crippen LogP contribution in [0.3, 0.4) is 0 Å². The molecule has 35 heavy (non-hydrogen) atoms. The van der Waals surface area contributed by atoms with E-state index in [4.69, 9.17) is 27.9 Å². The first-order valence-corrected chi connectivity index (χ1v) is 13.0. The van der Waals surface area contributed by atoms with E-state index in [0.29, 0.717) is 22.9 Å². The van der Waals surface area contributed by atoms with Crippen molar-refractivity contribution in [2.24, 2.45) is 5.92 Å². The number of hydrogen-bond acceptors (Lipinski definition) is 5. The fourth-order valence-corrected chi connectivity index (χ4v) is 5.14. The molecule has 0 radical (unpaired) electrons. The summed E-state index contributed by atoms with van der Waals surface area (Å²) in [5.41, 5.74) is 1.44. The molecule has 0 saturated carbocycles. The molecule has 1 saturated heterocycles. The van der Waals surface area contributed by atoms with Crippen LogP contribution in [-0.4, -0.2) is 54.7 Å². The highest BCUT2D eigenvalue weighted by Gasteiger charge is 2.26. The number of piperidine rings is 1. The molecule has 3 rings (SSSR count). The van der Waals surface area contributed by atoms with Crippen LogP contribution >= 0.6 is 23.2 Å². The summed E-state index contributed by atoms with van der Waals surface area (Å²) in [6, 6.07) is 9.82. The highest BCUT2D eigenvalue weighted by atomic mass is 35.5. The number of carbonyl (C=O) groups excluding carboxylic acids is 2. The third kappa shape index (κ3) is 7.60. The van der Waals surface area contributed by atoms with Crippen molar-refractivity contribution < 1.29 is 19.4 Å². The molecule has 1 amide bonds. The zero-order valence-corrected chi connectivity index (χ0v) is 21.9. The first kappa shape index (κ1) is 27.3. The maximum absolute atomic E-state index is 13.0. The number of phenolic OH excluding ortho intramolecular Hbond substituents is 1.